The van der Waals surface area contributed by atoms with Gasteiger partial charge < -0.3 is 54.3 Å². The van der Waals surface area contributed by atoms with Crippen LogP contribution in [0.25, 0.3) is 6.08 Å². The minimum absolute atomic E-state index is 0.107. The van der Waals surface area contributed by atoms with Crippen molar-refractivity contribution < 1.29 is 54.3 Å². The van der Waals surface area contributed by atoms with Crippen LogP contribution < -0.4 is 9.47 Å². The van der Waals surface area contributed by atoms with Crippen LogP contribution in [0.5, 0.6) is 34.5 Å². The number of hydrogen-bond donors (Lipinski definition) is 6. The van der Waals surface area contributed by atoms with Gasteiger partial charge in [0, 0.05) is 12.1 Å². The number of rotatable bonds is 5. The largest absolute Gasteiger partial charge is 0.571 e. The highest BCUT2D eigenvalue weighted by molar-refractivity contribution is 5.69. The Kier molecular flexibility index (Phi) is 6.13. The molecule has 2 aromatic carbocycles. The fraction of sp³-hybridized carbons (Fsp3) is 0.364. The quantitative estimate of drug-likeness (QED) is 0.344. The number of benzene rings is 2. The zero-order chi connectivity index (χ0) is 23.9. The number of methoxy groups -OCH3 is 2. The molecule has 11 heteroatoms. The van der Waals surface area contributed by atoms with E-state index < -0.39 is 30.7 Å². The molecule has 33 heavy (non-hydrogen) atoms. The summed E-state index contributed by atoms with van der Waals surface area (Å²) >= 11 is 0. The smallest absolute Gasteiger partial charge is 0.270 e. The minimum atomic E-state index is -1.56. The van der Waals surface area contributed by atoms with Gasteiger partial charge in [0.15, 0.2) is 17.3 Å². The summed E-state index contributed by atoms with van der Waals surface area (Å²) in [5, 5.41) is 60.5. The van der Waals surface area contributed by atoms with Gasteiger partial charge in [-0.2, -0.15) is 0 Å². The minimum Gasteiger partial charge on any atom is -0.571 e. The first-order valence-electron chi connectivity index (χ1n) is 9.99. The van der Waals surface area contributed by atoms with Crippen molar-refractivity contribution in [1.29, 1.82) is 0 Å². The predicted octanol–water partition coefficient (Wildman–Crippen LogP) is 0.613. The first-order valence-corrected chi connectivity index (χ1v) is 9.99. The molecule has 0 amide bonds. The molecule has 2 heterocycles. The number of phenols is 3. The van der Waals surface area contributed by atoms with Crippen molar-refractivity contribution in [2.24, 2.45) is 0 Å². The molecular formula is C22H25O11+. The molecule has 0 bridgehead atoms. The van der Waals surface area contributed by atoms with E-state index in [1.165, 1.54) is 38.5 Å². The number of fused-ring (bicyclic) bond motifs is 1. The van der Waals surface area contributed by atoms with Crippen molar-refractivity contribution in [2.45, 2.75) is 30.7 Å². The van der Waals surface area contributed by atoms with Crippen molar-refractivity contribution in [3.05, 3.63) is 41.2 Å². The van der Waals surface area contributed by atoms with E-state index in [0.29, 0.717) is 5.56 Å². The van der Waals surface area contributed by atoms with Gasteiger partial charge in [-0.1, -0.05) is 0 Å². The number of aliphatic hydroxyl groups is 4. The number of hydrogen-bond acceptors (Lipinski definition) is 10. The summed E-state index contributed by atoms with van der Waals surface area (Å²) in [4.78, 5) is 0. The van der Waals surface area contributed by atoms with Crippen molar-refractivity contribution in [2.75, 3.05) is 20.8 Å². The third-order valence-corrected chi connectivity index (χ3v) is 5.47. The molecule has 11 nitrogen and oxygen atoms in total. The maximum Gasteiger partial charge on any atom is 0.270 e. The van der Waals surface area contributed by atoms with Crippen LogP contribution in [0.1, 0.15) is 17.2 Å². The number of phenolic OH excluding ortho intramolecular Hbond substituents is 3. The summed E-state index contributed by atoms with van der Waals surface area (Å²) in [6.07, 6.45) is -5.11. The van der Waals surface area contributed by atoms with Crippen LogP contribution in [0, 0.1) is 0 Å². The maximum atomic E-state index is 10.3. The number of ether oxygens (including phenoxy) is 5. The SMILES string of the molecule is COc1cc(C2[OH+]c3cc(O)cc(O)c3C=C2OC2OCC(O)C(O)C2O)cc(OC)c1O. The summed E-state index contributed by atoms with van der Waals surface area (Å²) in [6, 6.07) is 5.51. The molecule has 0 aliphatic carbocycles. The number of aromatic hydroxyl groups is 4. The summed E-state index contributed by atoms with van der Waals surface area (Å²) in [5.74, 6) is -0.0793. The Balaban J connectivity index is 1.78. The predicted molar refractivity (Wildman–Crippen MR) is 112 cm³/mol. The lowest BCUT2D eigenvalue weighted by Gasteiger charge is -2.36. The van der Waals surface area contributed by atoms with Gasteiger partial charge in [0.1, 0.15) is 35.4 Å². The van der Waals surface area contributed by atoms with Gasteiger partial charge in [0.2, 0.25) is 12.0 Å². The normalized spacial score (nSPS) is 26.6. The molecule has 2 aliphatic heterocycles. The lowest BCUT2D eigenvalue weighted by molar-refractivity contribution is -0.263. The van der Waals surface area contributed by atoms with E-state index in [1.807, 2.05) is 0 Å². The highest BCUT2D eigenvalue weighted by Gasteiger charge is 2.42. The molecule has 1 fully saturated rings. The average molecular weight is 465 g/mol. The average Bonchev–Trinajstić information content (AvgIpc) is 2.79. The topological polar surface area (TPSA) is 171 Å². The molecule has 0 saturated carbocycles. The van der Waals surface area contributed by atoms with E-state index in [4.69, 9.17) is 18.9 Å². The Hall–Kier alpha value is -3.38. The monoisotopic (exact) mass is 465 g/mol. The highest BCUT2D eigenvalue weighted by atomic mass is 16.7. The van der Waals surface area contributed by atoms with E-state index in [-0.39, 0.29) is 52.4 Å². The third kappa shape index (κ3) is 4.18. The van der Waals surface area contributed by atoms with Crippen LogP contribution in [-0.2, 0) is 9.47 Å². The molecule has 5 unspecified atom stereocenters. The van der Waals surface area contributed by atoms with Gasteiger partial charge in [0.05, 0.1) is 32.5 Å². The van der Waals surface area contributed by atoms with Crippen LogP contribution in [0.4, 0.5) is 0 Å². The Morgan fingerprint density at radius 3 is 2.24 bits per heavy atom. The molecule has 5 atom stereocenters. The summed E-state index contributed by atoms with van der Waals surface area (Å²) < 4.78 is 26.2. The first-order chi connectivity index (χ1) is 15.7. The zero-order valence-electron chi connectivity index (χ0n) is 17.7. The molecule has 7 N–H and O–H groups in total. The Labute approximate surface area is 188 Å². The Morgan fingerprint density at radius 2 is 1.61 bits per heavy atom. The Bertz CT molecular complexity index is 1040. The molecule has 4 rings (SSSR count). The summed E-state index contributed by atoms with van der Waals surface area (Å²) in [7, 11) is 2.74. The lowest BCUT2D eigenvalue weighted by atomic mass is 10.00. The van der Waals surface area contributed by atoms with Gasteiger partial charge in [0.25, 0.3) is 11.9 Å². The van der Waals surface area contributed by atoms with Gasteiger partial charge in [-0.15, -0.1) is 0 Å². The zero-order valence-corrected chi connectivity index (χ0v) is 17.7. The van der Waals surface area contributed by atoms with E-state index in [2.05, 4.69) is 4.74 Å². The lowest BCUT2D eigenvalue weighted by Crippen LogP contribution is -2.53. The van der Waals surface area contributed by atoms with E-state index in [1.54, 1.807) is 0 Å². The second-order valence-corrected chi connectivity index (χ2v) is 7.62. The molecule has 0 spiro atoms. The van der Waals surface area contributed by atoms with Crippen molar-refractivity contribution in [3.63, 3.8) is 0 Å². The molecular weight excluding hydrogens is 440 g/mol. The van der Waals surface area contributed by atoms with E-state index >= 15 is 0 Å². The molecule has 2 aromatic rings. The van der Waals surface area contributed by atoms with Crippen LogP contribution in [0.15, 0.2) is 30.0 Å². The van der Waals surface area contributed by atoms with Gasteiger partial charge in [-0.05, 0) is 12.1 Å². The van der Waals surface area contributed by atoms with Crippen molar-refractivity contribution >= 4 is 6.08 Å². The van der Waals surface area contributed by atoms with Crippen molar-refractivity contribution in [1.82, 2.24) is 0 Å². The first kappa shape index (κ1) is 22.8. The Morgan fingerprint density at radius 1 is 0.939 bits per heavy atom. The molecule has 0 radical (unpaired) electrons. The van der Waals surface area contributed by atoms with E-state index in [0.717, 1.165) is 6.07 Å². The standard InChI is InChI=1S/C22H24O11/c1-29-15-3-9(4-16(30-2)19(15)27)21-17(33-22-20(28)18(26)13(25)8-31-22)7-11-12(24)5-10(23)6-14(11)32-21/h3-7,13,18,20-28H,8H2,1-2H3/p+1. The second kappa shape index (κ2) is 8.87. The molecule has 1 saturated heterocycles. The fourth-order valence-electron chi connectivity index (χ4n) is 3.71. The maximum absolute atomic E-state index is 10.3. The van der Waals surface area contributed by atoms with Gasteiger partial charge >= 0.3 is 0 Å². The van der Waals surface area contributed by atoms with Crippen LogP contribution >= 0.6 is 0 Å². The molecule has 178 valence electrons. The third-order valence-electron chi connectivity index (χ3n) is 5.47. The van der Waals surface area contributed by atoms with Crippen LogP contribution in [0.2, 0.25) is 0 Å². The second-order valence-electron chi connectivity index (χ2n) is 7.62. The van der Waals surface area contributed by atoms with Crippen LogP contribution in [0.3, 0.4) is 0 Å². The fourth-order valence-corrected chi connectivity index (χ4v) is 3.71. The van der Waals surface area contributed by atoms with Gasteiger partial charge in [-0.3, -0.25) is 0 Å². The summed E-state index contributed by atoms with van der Waals surface area (Å²) in [6.45, 7) is -0.269. The van der Waals surface area contributed by atoms with Crippen molar-refractivity contribution in [3.8, 4) is 34.5 Å². The molecule has 2 aliphatic rings. The molecule has 0 aromatic heterocycles. The van der Waals surface area contributed by atoms with Crippen LogP contribution in [-0.4, -0.2) is 80.8 Å². The van der Waals surface area contributed by atoms with E-state index in [9.17, 15) is 30.6 Å². The number of aliphatic hydroxyl groups excluding tert-OH is 3. The van der Waals surface area contributed by atoms with Gasteiger partial charge in [-0.25, -0.2) is 0 Å². The highest BCUT2D eigenvalue weighted by Crippen LogP contribution is 2.47. The summed E-state index contributed by atoms with van der Waals surface area (Å²) in [5.41, 5.74) is 0.703.